The Morgan fingerprint density at radius 1 is 0.441 bits per heavy atom. The summed E-state index contributed by atoms with van der Waals surface area (Å²) >= 11 is 0. The third kappa shape index (κ3) is 5.05. The first-order valence-electron chi connectivity index (χ1n) is 19.8. The van der Waals surface area contributed by atoms with Gasteiger partial charge >= 0.3 is 0 Å². The number of rotatable bonds is 7. The molecule has 8 aromatic carbocycles. The number of furan rings is 3. The minimum atomic E-state index is 0.702. The van der Waals surface area contributed by atoms with Crippen LogP contribution in [0.4, 0.5) is 17.1 Å². The second-order valence-corrected chi connectivity index (χ2v) is 14.9. The monoisotopic (exact) mass is 758 g/mol. The lowest BCUT2D eigenvalue weighted by Crippen LogP contribution is -2.11. The highest BCUT2D eigenvalue weighted by molar-refractivity contribution is 6.20. The average molecular weight is 759 g/mol. The van der Waals surface area contributed by atoms with Gasteiger partial charge < -0.3 is 22.7 Å². The third-order valence-electron chi connectivity index (χ3n) is 11.6. The fourth-order valence-corrected chi connectivity index (χ4v) is 9.05. The number of hydrogen-bond acceptors (Lipinski definition) is 4. The second kappa shape index (κ2) is 13.0. The van der Waals surface area contributed by atoms with Crippen LogP contribution < -0.4 is 4.90 Å². The number of fused-ring (bicyclic) bond motifs is 10. The molecular formula is C54H34N2O3. The minimum Gasteiger partial charge on any atom is -0.456 e. The normalized spacial score (nSPS) is 12.1. The Morgan fingerprint density at radius 3 is 1.66 bits per heavy atom. The van der Waals surface area contributed by atoms with Crippen molar-refractivity contribution in [3.05, 3.63) is 200 Å². The van der Waals surface area contributed by atoms with E-state index in [0.717, 1.165) is 94.2 Å². The zero-order valence-corrected chi connectivity index (χ0v) is 31.8. The van der Waals surface area contributed by atoms with Gasteiger partial charge in [-0.2, -0.15) is 0 Å². The highest BCUT2D eigenvalue weighted by Crippen LogP contribution is 2.51. The molecule has 0 amide bonds. The summed E-state index contributed by atoms with van der Waals surface area (Å²) in [5.74, 6) is 0.702. The number of para-hydroxylation sites is 4. The maximum atomic E-state index is 6.83. The number of aromatic nitrogens is 1. The fraction of sp³-hybridized carbons (Fsp3) is 0. The predicted molar refractivity (Wildman–Crippen MR) is 244 cm³/mol. The average Bonchev–Trinajstić information content (AvgIpc) is 4.05. The van der Waals surface area contributed by atoms with Crippen LogP contribution >= 0.6 is 0 Å². The van der Waals surface area contributed by atoms with E-state index in [2.05, 4.69) is 156 Å². The first-order valence-corrected chi connectivity index (χ1v) is 19.8. The van der Waals surface area contributed by atoms with Crippen LogP contribution in [0.25, 0.3) is 99.5 Å². The Hall–Kier alpha value is -8.02. The van der Waals surface area contributed by atoms with E-state index in [-0.39, 0.29) is 0 Å². The summed E-state index contributed by atoms with van der Waals surface area (Å²) < 4.78 is 22.2. The third-order valence-corrected chi connectivity index (χ3v) is 11.6. The molecule has 0 unspecified atom stereocenters. The van der Waals surface area contributed by atoms with Gasteiger partial charge in [-0.1, -0.05) is 116 Å². The van der Waals surface area contributed by atoms with Crippen LogP contribution in [0.2, 0.25) is 0 Å². The smallest absolute Gasteiger partial charge is 0.152 e. The van der Waals surface area contributed by atoms with Crippen molar-refractivity contribution in [2.24, 2.45) is 0 Å². The zero-order chi connectivity index (χ0) is 39.0. The van der Waals surface area contributed by atoms with Gasteiger partial charge in [-0.05, 0) is 96.1 Å². The Labute approximate surface area is 338 Å². The molecule has 4 heterocycles. The van der Waals surface area contributed by atoms with Gasteiger partial charge in [-0.25, -0.2) is 0 Å². The summed E-state index contributed by atoms with van der Waals surface area (Å²) in [5.41, 5.74) is 12.5. The van der Waals surface area contributed by atoms with Crippen molar-refractivity contribution < 1.29 is 13.3 Å². The van der Waals surface area contributed by atoms with Crippen LogP contribution in [-0.4, -0.2) is 4.57 Å². The quantitative estimate of drug-likeness (QED) is 0.152. The van der Waals surface area contributed by atoms with Crippen molar-refractivity contribution in [3.63, 3.8) is 0 Å². The molecule has 0 aliphatic rings. The van der Waals surface area contributed by atoms with Gasteiger partial charge in [0.25, 0.3) is 0 Å². The molecule has 0 spiro atoms. The lowest BCUT2D eigenvalue weighted by atomic mass is 10.00. The van der Waals surface area contributed by atoms with E-state index in [4.69, 9.17) is 13.3 Å². The van der Waals surface area contributed by atoms with Crippen molar-refractivity contribution in [2.75, 3.05) is 4.90 Å². The SMILES string of the molecule is C=C/C=C\c1oc2ccc(-c3ccc4c(c3)c3ccccc3n4-c3ccccc3)cc2c1N(c1cccc2oc3ccccc3c12)c1cccc2oc3ccccc3c12. The van der Waals surface area contributed by atoms with Gasteiger partial charge in [-0.3, -0.25) is 0 Å². The number of nitrogens with zero attached hydrogens (tertiary/aromatic N) is 2. The van der Waals surface area contributed by atoms with Gasteiger partial charge in [0.15, 0.2) is 5.76 Å². The van der Waals surface area contributed by atoms with Crippen LogP contribution in [0.3, 0.4) is 0 Å². The van der Waals surface area contributed by atoms with Crippen LogP contribution in [0.1, 0.15) is 5.76 Å². The van der Waals surface area contributed by atoms with Crippen LogP contribution in [0, 0.1) is 0 Å². The molecule has 0 radical (unpaired) electrons. The number of benzene rings is 8. The Bertz CT molecular complexity index is 3540. The van der Waals surface area contributed by atoms with Gasteiger partial charge in [0.2, 0.25) is 0 Å². The van der Waals surface area contributed by atoms with Gasteiger partial charge in [0.1, 0.15) is 33.6 Å². The molecular weight excluding hydrogens is 725 g/mol. The molecule has 12 rings (SSSR count). The van der Waals surface area contributed by atoms with Crippen molar-refractivity contribution in [3.8, 4) is 16.8 Å². The molecule has 0 fully saturated rings. The van der Waals surface area contributed by atoms with Crippen molar-refractivity contribution >= 4 is 99.8 Å². The van der Waals surface area contributed by atoms with Crippen molar-refractivity contribution in [1.82, 2.24) is 4.57 Å². The summed E-state index contributed by atoms with van der Waals surface area (Å²) in [7, 11) is 0. The molecule has 5 nitrogen and oxygen atoms in total. The second-order valence-electron chi connectivity index (χ2n) is 14.9. The molecule has 12 aromatic rings. The minimum absolute atomic E-state index is 0.702. The molecule has 0 atom stereocenters. The first kappa shape index (κ1) is 33.2. The highest BCUT2D eigenvalue weighted by atomic mass is 16.3. The molecule has 0 saturated heterocycles. The van der Waals surface area contributed by atoms with Gasteiger partial charge in [-0.15, -0.1) is 0 Å². The van der Waals surface area contributed by atoms with E-state index in [1.54, 1.807) is 6.08 Å². The van der Waals surface area contributed by atoms with E-state index < -0.39 is 0 Å². The Kier molecular flexibility index (Phi) is 7.31. The van der Waals surface area contributed by atoms with Crippen molar-refractivity contribution in [2.45, 2.75) is 0 Å². The molecule has 0 bridgehead atoms. The lowest BCUT2D eigenvalue weighted by Gasteiger charge is -2.27. The summed E-state index contributed by atoms with van der Waals surface area (Å²) in [4.78, 5) is 2.34. The van der Waals surface area contributed by atoms with E-state index >= 15 is 0 Å². The van der Waals surface area contributed by atoms with Crippen molar-refractivity contribution in [1.29, 1.82) is 0 Å². The molecule has 5 heteroatoms. The maximum Gasteiger partial charge on any atom is 0.152 e. The Morgan fingerprint density at radius 2 is 0.983 bits per heavy atom. The lowest BCUT2D eigenvalue weighted by molar-refractivity contribution is 0.604. The number of allylic oxidation sites excluding steroid dienone is 2. The first-order chi connectivity index (χ1) is 29.2. The summed E-state index contributed by atoms with van der Waals surface area (Å²) in [5, 5.41) is 7.46. The van der Waals surface area contributed by atoms with Crippen LogP contribution in [-0.2, 0) is 0 Å². The maximum absolute atomic E-state index is 6.83. The Balaban J connectivity index is 1.15. The molecule has 0 saturated carbocycles. The van der Waals surface area contributed by atoms with E-state index in [1.807, 2.05) is 48.6 Å². The predicted octanol–water partition coefficient (Wildman–Crippen LogP) is 15.7. The van der Waals surface area contributed by atoms with E-state index in [9.17, 15) is 0 Å². The molecule has 0 aliphatic carbocycles. The number of anilines is 3. The standard InChI is InChI=1S/C54H34N2O3/c1-2-3-23-51-54(41-33-35(29-31-48(41)59-51)34-28-30-43-40(32-34)37-17-7-10-20-42(37)55(43)36-15-5-4-6-16-36)56(44-21-13-26-49-52(44)38-18-8-11-24-46(38)57-49)45-22-14-27-50-53(45)39-19-9-12-25-47(39)58-50/h2-33H,1H2/b23-3-. The molecule has 4 aromatic heterocycles. The fourth-order valence-electron chi connectivity index (χ4n) is 9.05. The topological polar surface area (TPSA) is 47.6 Å². The molecule has 59 heavy (non-hydrogen) atoms. The summed E-state index contributed by atoms with van der Waals surface area (Å²) in [6, 6.07) is 61.6. The van der Waals surface area contributed by atoms with Gasteiger partial charge in [0, 0.05) is 32.6 Å². The zero-order valence-electron chi connectivity index (χ0n) is 31.8. The summed E-state index contributed by atoms with van der Waals surface area (Å²) in [6.45, 7) is 4.01. The van der Waals surface area contributed by atoms with E-state index in [0.29, 0.717) is 5.76 Å². The summed E-state index contributed by atoms with van der Waals surface area (Å²) in [6.07, 6.45) is 5.71. The molecule has 0 N–H and O–H groups in total. The largest absolute Gasteiger partial charge is 0.456 e. The van der Waals surface area contributed by atoms with E-state index in [1.165, 1.54) is 16.3 Å². The van der Waals surface area contributed by atoms with Crippen LogP contribution in [0.15, 0.2) is 208 Å². The highest BCUT2D eigenvalue weighted by Gasteiger charge is 2.28. The van der Waals surface area contributed by atoms with Gasteiger partial charge in [0.05, 0.1) is 33.2 Å². The molecule has 0 aliphatic heterocycles. The van der Waals surface area contributed by atoms with Crippen LogP contribution in [0.5, 0.6) is 0 Å². The number of hydrogen-bond donors (Lipinski definition) is 0. The molecule has 278 valence electrons.